The van der Waals surface area contributed by atoms with E-state index in [0.29, 0.717) is 0 Å². The van der Waals surface area contributed by atoms with Crippen LogP contribution >= 0.6 is 0 Å². The summed E-state index contributed by atoms with van der Waals surface area (Å²) in [4.78, 5) is 10.8. The third-order valence-electron chi connectivity index (χ3n) is 2.91. The van der Waals surface area contributed by atoms with E-state index in [0.717, 1.165) is 25.9 Å². The van der Waals surface area contributed by atoms with Crippen molar-refractivity contribution >= 4 is 11.7 Å². The van der Waals surface area contributed by atoms with Crippen molar-refractivity contribution in [1.29, 1.82) is 0 Å². The van der Waals surface area contributed by atoms with Gasteiger partial charge in [-0.15, -0.1) is 0 Å². The Bertz CT molecular complexity index is 417. The van der Waals surface area contributed by atoms with Crippen LogP contribution in [0.1, 0.15) is 23.2 Å². The molecule has 0 saturated carbocycles. The van der Waals surface area contributed by atoms with Gasteiger partial charge in [0.05, 0.1) is 11.3 Å². The summed E-state index contributed by atoms with van der Waals surface area (Å²) in [5, 5.41) is 15.1. The Labute approximate surface area is 98.8 Å². The van der Waals surface area contributed by atoms with Crippen LogP contribution in [0.2, 0.25) is 0 Å². The van der Waals surface area contributed by atoms with Gasteiger partial charge in [-0.2, -0.15) is 0 Å². The molecule has 0 atom stereocenters. The highest BCUT2D eigenvalue weighted by molar-refractivity contribution is 5.88. The number of hydrogen-bond acceptors (Lipinski definition) is 3. The summed E-state index contributed by atoms with van der Waals surface area (Å²) < 4.78 is 13.5. The molecular weight excluding hydrogens is 223 g/mol. The van der Waals surface area contributed by atoms with Crippen LogP contribution in [-0.4, -0.2) is 30.2 Å². The molecule has 1 fully saturated rings. The number of piperidine rings is 1. The van der Waals surface area contributed by atoms with Crippen LogP contribution in [0.15, 0.2) is 18.2 Å². The van der Waals surface area contributed by atoms with Crippen molar-refractivity contribution in [1.82, 2.24) is 5.32 Å². The van der Waals surface area contributed by atoms with E-state index in [4.69, 9.17) is 5.11 Å². The van der Waals surface area contributed by atoms with Crippen molar-refractivity contribution in [2.75, 3.05) is 18.4 Å². The van der Waals surface area contributed by atoms with Crippen LogP contribution in [0.5, 0.6) is 0 Å². The Balaban J connectivity index is 2.13. The first kappa shape index (κ1) is 11.9. The first-order chi connectivity index (χ1) is 8.16. The Morgan fingerprint density at radius 2 is 2.12 bits per heavy atom. The topological polar surface area (TPSA) is 61.4 Å². The zero-order valence-electron chi connectivity index (χ0n) is 9.37. The van der Waals surface area contributed by atoms with Crippen molar-refractivity contribution in [3.05, 3.63) is 29.6 Å². The number of halogens is 1. The summed E-state index contributed by atoms with van der Waals surface area (Å²) in [5.41, 5.74) is 0.375. The van der Waals surface area contributed by atoms with E-state index in [1.54, 1.807) is 0 Å². The van der Waals surface area contributed by atoms with Crippen molar-refractivity contribution in [2.45, 2.75) is 18.9 Å². The number of nitrogens with one attached hydrogen (secondary N) is 2. The molecule has 17 heavy (non-hydrogen) atoms. The summed E-state index contributed by atoms with van der Waals surface area (Å²) >= 11 is 0. The zero-order chi connectivity index (χ0) is 12.3. The van der Waals surface area contributed by atoms with Gasteiger partial charge in [-0.3, -0.25) is 0 Å². The monoisotopic (exact) mass is 238 g/mol. The number of anilines is 1. The second-order valence-electron chi connectivity index (χ2n) is 4.17. The Kier molecular flexibility index (Phi) is 3.58. The molecule has 0 spiro atoms. The molecule has 0 unspecified atom stereocenters. The Morgan fingerprint density at radius 1 is 1.41 bits per heavy atom. The van der Waals surface area contributed by atoms with Gasteiger partial charge in [-0.05, 0) is 44.1 Å². The van der Waals surface area contributed by atoms with E-state index < -0.39 is 11.8 Å². The Hall–Kier alpha value is -1.62. The van der Waals surface area contributed by atoms with Crippen LogP contribution < -0.4 is 10.6 Å². The number of carbonyl (C=O) groups is 1. The lowest BCUT2D eigenvalue weighted by Crippen LogP contribution is -2.35. The molecule has 3 N–H and O–H groups in total. The van der Waals surface area contributed by atoms with Gasteiger partial charge in [0.2, 0.25) is 0 Å². The molecule has 0 aromatic heterocycles. The minimum Gasteiger partial charge on any atom is -0.478 e. The van der Waals surface area contributed by atoms with Crippen molar-refractivity contribution in [3.8, 4) is 0 Å². The van der Waals surface area contributed by atoms with Gasteiger partial charge in [0.25, 0.3) is 0 Å². The van der Waals surface area contributed by atoms with Gasteiger partial charge in [0.1, 0.15) is 5.82 Å². The lowest BCUT2D eigenvalue weighted by Gasteiger charge is -2.25. The highest BCUT2D eigenvalue weighted by atomic mass is 19.1. The molecule has 5 heteroatoms. The van der Waals surface area contributed by atoms with Gasteiger partial charge >= 0.3 is 5.97 Å². The number of rotatable bonds is 3. The average molecular weight is 238 g/mol. The van der Waals surface area contributed by atoms with Crippen LogP contribution in [0.4, 0.5) is 10.1 Å². The smallest absolute Gasteiger partial charge is 0.335 e. The highest BCUT2D eigenvalue weighted by Crippen LogP contribution is 2.19. The maximum Gasteiger partial charge on any atom is 0.335 e. The predicted molar refractivity (Wildman–Crippen MR) is 62.9 cm³/mol. The number of aromatic carboxylic acids is 1. The molecule has 1 aromatic carbocycles. The minimum absolute atomic E-state index is 0.0998. The van der Waals surface area contributed by atoms with Crippen molar-refractivity contribution in [2.24, 2.45) is 0 Å². The van der Waals surface area contributed by atoms with Gasteiger partial charge in [0, 0.05) is 6.04 Å². The lowest BCUT2D eigenvalue weighted by atomic mass is 10.1. The molecule has 1 aromatic rings. The number of hydrogen-bond donors (Lipinski definition) is 3. The van der Waals surface area contributed by atoms with Crippen LogP contribution in [0.3, 0.4) is 0 Å². The molecule has 1 heterocycles. The number of benzene rings is 1. The van der Waals surface area contributed by atoms with E-state index in [-0.39, 0.29) is 17.3 Å². The average Bonchev–Trinajstić information content (AvgIpc) is 2.33. The lowest BCUT2D eigenvalue weighted by molar-refractivity contribution is 0.0697. The van der Waals surface area contributed by atoms with Gasteiger partial charge in [-0.25, -0.2) is 9.18 Å². The fraction of sp³-hybridized carbons (Fsp3) is 0.417. The Morgan fingerprint density at radius 3 is 2.76 bits per heavy atom. The fourth-order valence-electron chi connectivity index (χ4n) is 1.96. The van der Waals surface area contributed by atoms with E-state index in [1.165, 1.54) is 18.2 Å². The second kappa shape index (κ2) is 5.14. The van der Waals surface area contributed by atoms with Crippen LogP contribution in [0, 0.1) is 5.82 Å². The molecule has 0 radical (unpaired) electrons. The molecule has 2 rings (SSSR count). The van der Waals surface area contributed by atoms with Gasteiger partial charge in [0.15, 0.2) is 0 Å². The quantitative estimate of drug-likeness (QED) is 0.750. The van der Waals surface area contributed by atoms with E-state index in [1.807, 2.05) is 0 Å². The normalized spacial score (nSPS) is 16.8. The molecule has 1 aliphatic rings. The summed E-state index contributed by atoms with van der Waals surface area (Å²) in [6.07, 6.45) is 1.83. The molecule has 92 valence electrons. The van der Waals surface area contributed by atoms with E-state index in [9.17, 15) is 9.18 Å². The SMILES string of the molecule is O=C(O)c1ccc(F)c(NC2CCNCC2)c1. The number of carboxylic acid groups (broad SMARTS) is 1. The molecule has 1 saturated heterocycles. The number of carboxylic acids is 1. The molecule has 0 bridgehead atoms. The third kappa shape index (κ3) is 2.94. The summed E-state index contributed by atoms with van der Waals surface area (Å²) in [7, 11) is 0. The maximum atomic E-state index is 13.5. The largest absolute Gasteiger partial charge is 0.478 e. The predicted octanol–water partition coefficient (Wildman–Crippen LogP) is 1.69. The highest BCUT2D eigenvalue weighted by Gasteiger charge is 2.15. The van der Waals surface area contributed by atoms with E-state index in [2.05, 4.69) is 10.6 Å². The maximum absolute atomic E-state index is 13.5. The summed E-state index contributed by atoms with van der Waals surface area (Å²) in [6.45, 7) is 1.80. The van der Waals surface area contributed by atoms with Gasteiger partial charge in [-0.1, -0.05) is 0 Å². The summed E-state index contributed by atoms with van der Waals surface area (Å²) in [5.74, 6) is -1.45. The standard InChI is InChI=1S/C12H15FN2O2/c13-10-2-1-8(12(16)17)7-11(10)15-9-3-5-14-6-4-9/h1-2,7,9,14-15H,3-6H2,(H,16,17). The van der Waals surface area contributed by atoms with Crippen molar-refractivity contribution in [3.63, 3.8) is 0 Å². The van der Waals surface area contributed by atoms with Crippen LogP contribution in [-0.2, 0) is 0 Å². The molecule has 0 aliphatic carbocycles. The molecular formula is C12H15FN2O2. The molecule has 4 nitrogen and oxygen atoms in total. The molecule has 0 amide bonds. The first-order valence-corrected chi connectivity index (χ1v) is 5.67. The van der Waals surface area contributed by atoms with Crippen molar-refractivity contribution < 1.29 is 14.3 Å². The van der Waals surface area contributed by atoms with E-state index >= 15 is 0 Å². The van der Waals surface area contributed by atoms with Crippen LogP contribution in [0.25, 0.3) is 0 Å². The fourth-order valence-corrected chi connectivity index (χ4v) is 1.96. The first-order valence-electron chi connectivity index (χ1n) is 5.67. The minimum atomic E-state index is -1.04. The van der Waals surface area contributed by atoms with Gasteiger partial charge < -0.3 is 15.7 Å². The third-order valence-corrected chi connectivity index (χ3v) is 2.91. The molecule has 1 aliphatic heterocycles. The summed E-state index contributed by atoms with van der Waals surface area (Å²) in [6, 6.07) is 4.01. The second-order valence-corrected chi connectivity index (χ2v) is 4.17. The zero-order valence-corrected chi connectivity index (χ0v) is 9.37.